The van der Waals surface area contributed by atoms with Crippen LogP contribution in [0.15, 0.2) is 67.0 Å². The van der Waals surface area contributed by atoms with Crippen molar-refractivity contribution in [1.82, 2.24) is 20.1 Å². The number of hydrogen-bond acceptors (Lipinski definition) is 13. The second-order valence-corrected chi connectivity index (χ2v) is 15.9. The quantitative estimate of drug-likeness (QED) is 0.0619. The van der Waals surface area contributed by atoms with E-state index in [9.17, 15) is 40.4 Å². The Balaban J connectivity index is 1.17. The van der Waals surface area contributed by atoms with Crippen LogP contribution >= 0.6 is 11.6 Å². The third-order valence-electron chi connectivity index (χ3n) is 11.1. The Morgan fingerprint density at radius 2 is 1.66 bits per heavy atom. The largest absolute Gasteiger partial charge is 0.504 e. The Bertz CT molecular complexity index is 2190. The molecule has 324 valence electrons. The van der Waals surface area contributed by atoms with Gasteiger partial charge in [-0.2, -0.15) is 5.26 Å². The predicted molar refractivity (Wildman–Crippen MR) is 225 cm³/mol. The Morgan fingerprint density at radius 1 is 0.902 bits per heavy atom. The number of carboxylic acid groups (broad SMARTS) is 2. The molecule has 4 aromatic rings. The molecule has 2 fully saturated rings. The molecule has 15 nitrogen and oxygen atoms in total. The molecule has 0 amide bonds. The summed E-state index contributed by atoms with van der Waals surface area (Å²) in [6, 6.07) is 17.2. The molecule has 16 heteroatoms. The number of aliphatic hydroxyl groups excluding tert-OH is 1. The first kappa shape index (κ1) is 45.1. The Labute approximate surface area is 359 Å². The van der Waals surface area contributed by atoms with Crippen molar-refractivity contribution < 1.29 is 49.3 Å². The van der Waals surface area contributed by atoms with Gasteiger partial charge in [0.1, 0.15) is 36.8 Å². The molecule has 0 spiro atoms. The summed E-state index contributed by atoms with van der Waals surface area (Å²) in [7, 11) is 0. The molecule has 3 heterocycles. The normalized spacial score (nSPS) is 16.0. The second-order valence-electron chi connectivity index (χ2n) is 15.5. The number of piperidine rings is 2. The fourth-order valence-corrected chi connectivity index (χ4v) is 7.75. The summed E-state index contributed by atoms with van der Waals surface area (Å²) < 4.78 is 18.7. The van der Waals surface area contributed by atoms with E-state index >= 15 is 0 Å². The van der Waals surface area contributed by atoms with Crippen LogP contribution in [0.4, 0.5) is 0 Å². The number of hydrogen-bond donors (Lipinski definition) is 6. The van der Waals surface area contributed by atoms with Gasteiger partial charge in [0.25, 0.3) is 0 Å². The fourth-order valence-electron chi connectivity index (χ4n) is 7.51. The number of aliphatic carboxylic acids is 2. The van der Waals surface area contributed by atoms with Crippen molar-refractivity contribution in [2.24, 2.45) is 0 Å². The number of nitriles is 1. The number of phenolic OH excluding ortho intramolecular Hbond substituents is 1. The van der Waals surface area contributed by atoms with Gasteiger partial charge in [-0.05, 0) is 74.5 Å². The highest BCUT2D eigenvalue weighted by Gasteiger charge is 2.39. The predicted octanol–water partition coefficient (Wildman–Crippen LogP) is 5.34. The van der Waals surface area contributed by atoms with Crippen LogP contribution in [0, 0.1) is 11.3 Å². The van der Waals surface area contributed by atoms with Crippen molar-refractivity contribution in [2.45, 2.75) is 76.5 Å². The molecule has 2 aliphatic rings. The highest BCUT2D eigenvalue weighted by molar-refractivity contribution is 6.32. The van der Waals surface area contributed by atoms with Gasteiger partial charge in [0.2, 0.25) is 0 Å². The van der Waals surface area contributed by atoms with Crippen molar-refractivity contribution in [1.29, 1.82) is 5.26 Å². The molecule has 1 atom stereocenters. The number of aromatic nitrogens is 1. The van der Waals surface area contributed by atoms with Crippen LogP contribution < -0.4 is 19.5 Å². The zero-order valence-corrected chi connectivity index (χ0v) is 34.6. The fraction of sp³-hybridized carbons (Fsp3) is 0.422. The van der Waals surface area contributed by atoms with E-state index in [1.807, 2.05) is 36.4 Å². The van der Waals surface area contributed by atoms with Crippen LogP contribution in [0.3, 0.4) is 0 Å². The summed E-state index contributed by atoms with van der Waals surface area (Å²) in [5.41, 5.74) is 2.85. The SMILES string of the molecule is N#Cc1cncc(COc2cc(OCc3cccc(-c4ccc(CN5CCCCC5)c(OCCCN5CCC(O)(C(=O)O)CC5)c4O)c3)c(Cl)cc2CNC(CO)C(=O)O)c1. The molecule has 2 saturated heterocycles. The molecule has 0 bridgehead atoms. The third-order valence-corrected chi connectivity index (χ3v) is 11.4. The zero-order valence-electron chi connectivity index (χ0n) is 33.9. The molecule has 2 aliphatic heterocycles. The van der Waals surface area contributed by atoms with Gasteiger partial charge in [0.05, 0.1) is 23.8 Å². The summed E-state index contributed by atoms with van der Waals surface area (Å²) in [6.45, 7) is 4.08. The first-order chi connectivity index (χ1) is 29.5. The lowest BCUT2D eigenvalue weighted by molar-refractivity contribution is -0.163. The third kappa shape index (κ3) is 12.1. The van der Waals surface area contributed by atoms with Gasteiger partial charge >= 0.3 is 11.9 Å². The lowest BCUT2D eigenvalue weighted by atomic mass is 9.91. The van der Waals surface area contributed by atoms with E-state index in [4.69, 9.17) is 25.8 Å². The number of pyridine rings is 1. The van der Waals surface area contributed by atoms with E-state index in [2.05, 4.69) is 26.2 Å². The van der Waals surface area contributed by atoms with E-state index in [0.29, 0.717) is 78.7 Å². The molecular formula is C45H52ClN5O10. The average molecular weight is 858 g/mol. The maximum Gasteiger partial charge on any atom is 0.335 e. The first-order valence-electron chi connectivity index (χ1n) is 20.4. The van der Waals surface area contributed by atoms with Crippen molar-refractivity contribution in [3.05, 3.63) is 99.8 Å². The molecule has 6 N–H and O–H groups in total. The number of aliphatic hydroxyl groups is 2. The molecule has 3 aromatic carbocycles. The van der Waals surface area contributed by atoms with Crippen molar-refractivity contribution in [2.75, 3.05) is 45.9 Å². The van der Waals surface area contributed by atoms with Crippen LogP contribution in [0.2, 0.25) is 5.02 Å². The summed E-state index contributed by atoms with van der Waals surface area (Å²) in [5, 5.41) is 62.8. The van der Waals surface area contributed by atoms with E-state index in [0.717, 1.165) is 42.6 Å². The minimum atomic E-state index is -1.68. The minimum absolute atomic E-state index is 0.00957. The molecule has 0 saturated carbocycles. The lowest BCUT2D eigenvalue weighted by Gasteiger charge is -2.35. The highest BCUT2D eigenvalue weighted by Crippen LogP contribution is 2.41. The van der Waals surface area contributed by atoms with Crippen LogP contribution in [0.1, 0.15) is 66.3 Å². The first-order valence-corrected chi connectivity index (χ1v) is 20.8. The van der Waals surface area contributed by atoms with Gasteiger partial charge < -0.3 is 44.6 Å². The number of aromatic hydroxyl groups is 1. The zero-order chi connectivity index (χ0) is 43.4. The number of rotatable bonds is 20. The van der Waals surface area contributed by atoms with Gasteiger partial charge in [-0.1, -0.05) is 48.4 Å². The van der Waals surface area contributed by atoms with E-state index in [-0.39, 0.29) is 43.4 Å². The molecule has 0 aliphatic carbocycles. The lowest BCUT2D eigenvalue weighted by Crippen LogP contribution is -2.49. The average Bonchev–Trinajstić information content (AvgIpc) is 3.26. The summed E-state index contributed by atoms with van der Waals surface area (Å²) >= 11 is 6.70. The van der Waals surface area contributed by atoms with E-state index in [1.54, 1.807) is 24.4 Å². The topological polar surface area (TPSA) is 218 Å². The van der Waals surface area contributed by atoms with Crippen molar-refractivity contribution in [3.63, 3.8) is 0 Å². The second kappa shape index (κ2) is 21.4. The number of likely N-dealkylation sites (tertiary alicyclic amines) is 2. The Morgan fingerprint density at radius 3 is 2.38 bits per heavy atom. The van der Waals surface area contributed by atoms with Gasteiger partial charge in [0.15, 0.2) is 17.1 Å². The molecule has 6 rings (SSSR count). The monoisotopic (exact) mass is 857 g/mol. The van der Waals surface area contributed by atoms with E-state index < -0.39 is 30.2 Å². The Hall–Kier alpha value is -5.47. The van der Waals surface area contributed by atoms with Crippen LogP contribution in [0.5, 0.6) is 23.0 Å². The van der Waals surface area contributed by atoms with Gasteiger partial charge in [-0.15, -0.1) is 0 Å². The van der Waals surface area contributed by atoms with Crippen molar-refractivity contribution in [3.8, 4) is 40.2 Å². The molecular weight excluding hydrogens is 806 g/mol. The smallest absolute Gasteiger partial charge is 0.335 e. The molecule has 61 heavy (non-hydrogen) atoms. The van der Waals surface area contributed by atoms with E-state index in [1.165, 1.54) is 12.6 Å². The summed E-state index contributed by atoms with van der Waals surface area (Å²) in [4.78, 5) is 31.6. The van der Waals surface area contributed by atoms with Crippen molar-refractivity contribution >= 4 is 23.5 Å². The number of nitrogens with one attached hydrogen (secondary N) is 1. The number of phenols is 1. The highest BCUT2D eigenvalue weighted by atomic mass is 35.5. The van der Waals surface area contributed by atoms with Gasteiger partial charge in [0, 0.05) is 73.4 Å². The summed E-state index contributed by atoms with van der Waals surface area (Å²) in [5.74, 6) is -1.29. The Kier molecular flexibility index (Phi) is 15.8. The molecule has 0 radical (unpaired) electrons. The van der Waals surface area contributed by atoms with Crippen LogP contribution in [-0.2, 0) is 35.9 Å². The maximum absolute atomic E-state index is 11.8. The van der Waals surface area contributed by atoms with Gasteiger partial charge in [-0.3, -0.25) is 20.0 Å². The minimum Gasteiger partial charge on any atom is -0.504 e. The number of benzene rings is 3. The maximum atomic E-state index is 11.8. The number of halogens is 1. The number of ether oxygens (including phenoxy) is 3. The molecule has 1 unspecified atom stereocenters. The van der Waals surface area contributed by atoms with Crippen LogP contribution in [0.25, 0.3) is 11.1 Å². The number of carboxylic acids is 2. The summed E-state index contributed by atoms with van der Waals surface area (Å²) in [6.07, 6.45) is 7.45. The molecule has 1 aromatic heterocycles. The standard InChI is InChI=1S/C45H52ClN5O10/c46-37-20-35(25-49-38(27-52)43(54)55)39(60-29-32-18-31(22-47)23-48-24-32)21-40(37)61-28-30-6-4-7-33(19-30)36-9-8-34(26-51-12-2-1-3-13-51)42(41(36)53)59-17-5-14-50-15-10-45(58,11-16-50)44(56)57/h4,6-9,18-21,23-24,38,49,52-53,58H,1-3,5,10-17,25-29H2,(H,54,55)(H,56,57). The van der Waals surface area contributed by atoms with Gasteiger partial charge in [-0.25, -0.2) is 4.79 Å². The van der Waals surface area contributed by atoms with Crippen LogP contribution in [-0.4, -0.2) is 110 Å². The number of carbonyl (C=O) groups is 2. The number of nitrogens with zero attached hydrogens (tertiary/aromatic N) is 4.